The largest absolute Gasteiger partial charge is 0.496 e. The molecule has 0 aliphatic carbocycles. The lowest BCUT2D eigenvalue weighted by Gasteiger charge is -2.13. The monoisotopic (exact) mass is 343 g/mol. The third-order valence-electron chi connectivity index (χ3n) is 3.50. The van der Waals surface area contributed by atoms with Crippen molar-refractivity contribution < 1.29 is 19.1 Å². The lowest BCUT2D eigenvalue weighted by Crippen LogP contribution is -2.30. The molecule has 7 nitrogen and oxygen atoms in total. The highest BCUT2D eigenvalue weighted by Crippen LogP contribution is 2.27. The topological polar surface area (TPSA) is 89.5 Å². The maximum Gasteiger partial charge on any atom is 0.258 e. The average molecular weight is 343 g/mol. The maximum absolute atomic E-state index is 12.4. The quantitative estimate of drug-likeness (QED) is 0.712. The molecule has 0 fully saturated rings. The van der Waals surface area contributed by atoms with Crippen LogP contribution < -0.4 is 20.1 Å². The fourth-order valence-corrected chi connectivity index (χ4v) is 2.25. The maximum atomic E-state index is 12.4. The van der Waals surface area contributed by atoms with Crippen LogP contribution in [0.3, 0.4) is 0 Å². The summed E-state index contributed by atoms with van der Waals surface area (Å²) in [4.78, 5) is 28.1. The van der Waals surface area contributed by atoms with Crippen LogP contribution in [-0.4, -0.2) is 44.1 Å². The fourth-order valence-electron chi connectivity index (χ4n) is 2.25. The molecule has 0 aliphatic rings. The van der Waals surface area contributed by atoms with Crippen LogP contribution in [-0.2, 0) is 0 Å². The molecule has 7 heteroatoms. The number of pyridine rings is 1. The van der Waals surface area contributed by atoms with E-state index in [9.17, 15) is 9.59 Å². The molecule has 2 rings (SSSR count). The van der Waals surface area contributed by atoms with Crippen LogP contribution in [0.5, 0.6) is 11.5 Å². The summed E-state index contributed by atoms with van der Waals surface area (Å²) in [5, 5.41) is 5.58. The number of carbonyl (C=O) groups is 2. The van der Waals surface area contributed by atoms with E-state index in [4.69, 9.17) is 9.47 Å². The highest BCUT2D eigenvalue weighted by atomic mass is 16.5. The van der Waals surface area contributed by atoms with Gasteiger partial charge in [0.2, 0.25) is 0 Å². The summed E-state index contributed by atoms with van der Waals surface area (Å²) in [5.74, 6) is 0.419. The summed E-state index contributed by atoms with van der Waals surface area (Å²) in [6, 6.07) is 8.55. The van der Waals surface area contributed by atoms with Crippen molar-refractivity contribution in [1.29, 1.82) is 0 Å². The van der Waals surface area contributed by atoms with Gasteiger partial charge in [0, 0.05) is 25.5 Å². The van der Waals surface area contributed by atoms with Crippen molar-refractivity contribution in [3.8, 4) is 11.5 Å². The fraction of sp³-hybridized carbons (Fsp3) is 0.278. The zero-order chi connectivity index (χ0) is 18.1. The summed E-state index contributed by atoms with van der Waals surface area (Å²) in [5.41, 5.74) is 0.859. The van der Waals surface area contributed by atoms with Crippen molar-refractivity contribution in [1.82, 2.24) is 15.6 Å². The summed E-state index contributed by atoms with van der Waals surface area (Å²) in [7, 11) is 3.00. The van der Waals surface area contributed by atoms with E-state index < -0.39 is 0 Å². The highest BCUT2D eigenvalue weighted by molar-refractivity contribution is 5.99. The minimum Gasteiger partial charge on any atom is -0.496 e. The van der Waals surface area contributed by atoms with Crippen molar-refractivity contribution in [3.63, 3.8) is 0 Å². The van der Waals surface area contributed by atoms with Gasteiger partial charge in [-0.1, -0.05) is 6.07 Å². The van der Waals surface area contributed by atoms with Crippen LogP contribution in [0, 0.1) is 0 Å². The number of aromatic nitrogens is 1. The van der Waals surface area contributed by atoms with Gasteiger partial charge >= 0.3 is 0 Å². The Balaban J connectivity index is 1.81. The Bertz CT molecular complexity index is 697. The minimum atomic E-state index is -0.284. The van der Waals surface area contributed by atoms with E-state index >= 15 is 0 Å². The number of amides is 2. The number of ether oxygens (including phenoxy) is 2. The number of nitrogens with one attached hydrogen (secondary N) is 2. The van der Waals surface area contributed by atoms with Gasteiger partial charge in [0.25, 0.3) is 11.8 Å². The molecule has 1 aromatic heterocycles. The van der Waals surface area contributed by atoms with E-state index in [0.717, 1.165) is 0 Å². The molecule has 0 atom stereocenters. The number of methoxy groups -OCH3 is 2. The van der Waals surface area contributed by atoms with Gasteiger partial charge in [-0.25, -0.2) is 0 Å². The highest BCUT2D eigenvalue weighted by Gasteiger charge is 2.17. The lowest BCUT2D eigenvalue weighted by atomic mass is 10.1. The van der Waals surface area contributed by atoms with Crippen LogP contribution in [0.4, 0.5) is 0 Å². The molecule has 2 amide bonds. The second kappa shape index (κ2) is 9.27. The van der Waals surface area contributed by atoms with E-state index in [1.54, 1.807) is 36.5 Å². The predicted octanol–water partition coefficient (Wildman–Crippen LogP) is 1.65. The third kappa shape index (κ3) is 4.94. The Morgan fingerprint density at radius 1 is 0.960 bits per heavy atom. The standard InChI is InChI=1S/C18H21N3O4/c1-24-14-7-3-8-15(25-2)16(14)18(23)21-11-5-10-20-17(22)13-6-4-9-19-12-13/h3-4,6-9,12H,5,10-11H2,1-2H3,(H,20,22)(H,21,23). The van der Waals surface area contributed by atoms with Crippen molar-refractivity contribution >= 4 is 11.8 Å². The molecule has 0 spiro atoms. The normalized spacial score (nSPS) is 10.0. The second-order valence-electron chi connectivity index (χ2n) is 5.14. The smallest absolute Gasteiger partial charge is 0.258 e. The van der Waals surface area contributed by atoms with Gasteiger partial charge in [0.1, 0.15) is 17.1 Å². The third-order valence-corrected chi connectivity index (χ3v) is 3.50. The molecule has 0 unspecified atom stereocenters. The molecule has 2 aromatic rings. The Kier molecular flexibility index (Phi) is 6.76. The Morgan fingerprint density at radius 3 is 2.16 bits per heavy atom. The van der Waals surface area contributed by atoms with Crippen LogP contribution >= 0.6 is 0 Å². The molecule has 0 bridgehead atoms. The molecule has 25 heavy (non-hydrogen) atoms. The Labute approximate surface area is 146 Å². The van der Waals surface area contributed by atoms with Gasteiger partial charge in [-0.15, -0.1) is 0 Å². The lowest BCUT2D eigenvalue weighted by molar-refractivity contribution is 0.0947. The van der Waals surface area contributed by atoms with Gasteiger partial charge in [0.05, 0.1) is 19.8 Å². The first-order valence-corrected chi connectivity index (χ1v) is 7.84. The SMILES string of the molecule is COc1cccc(OC)c1C(=O)NCCCNC(=O)c1cccnc1. The second-order valence-corrected chi connectivity index (χ2v) is 5.14. The Morgan fingerprint density at radius 2 is 1.60 bits per heavy atom. The van der Waals surface area contributed by atoms with Crippen LogP contribution in [0.1, 0.15) is 27.1 Å². The summed E-state index contributed by atoms with van der Waals surface area (Å²) in [6.45, 7) is 0.852. The number of nitrogens with zero attached hydrogens (tertiary/aromatic N) is 1. The van der Waals surface area contributed by atoms with Gasteiger partial charge in [-0.2, -0.15) is 0 Å². The summed E-state index contributed by atoms with van der Waals surface area (Å²) < 4.78 is 10.4. The molecule has 0 radical (unpaired) electrons. The first-order valence-electron chi connectivity index (χ1n) is 7.84. The molecule has 2 N–H and O–H groups in total. The van der Waals surface area contributed by atoms with E-state index in [0.29, 0.717) is 42.1 Å². The van der Waals surface area contributed by atoms with E-state index in [-0.39, 0.29) is 11.8 Å². The molecule has 0 saturated carbocycles. The van der Waals surface area contributed by atoms with Crippen LogP contribution in [0.25, 0.3) is 0 Å². The summed E-state index contributed by atoms with van der Waals surface area (Å²) in [6.07, 6.45) is 3.71. The zero-order valence-corrected chi connectivity index (χ0v) is 14.2. The first kappa shape index (κ1) is 18.3. The predicted molar refractivity (Wildman–Crippen MR) is 93.1 cm³/mol. The van der Waals surface area contributed by atoms with Crippen LogP contribution in [0.2, 0.25) is 0 Å². The van der Waals surface area contributed by atoms with E-state index in [2.05, 4.69) is 15.6 Å². The molecule has 1 aromatic carbocycles. The molecule has 1 heterocycles. The van der Waals surface area contributed by atoms with Gasteiger partial charge in [-0.05, 0) is 30.7 Å². The summed E-state index contributed by atoms with van der Waals surface area (Å²) >= 11 is 0. The van der Waals surface area contributed by atoms with Gasteiger partial charge in [-0.3, -0.25) is 14.6 Å². The first-order chi connectivity index (χ1) is 12.2. The van der Waals surface area contributed by atoms with Crippen LogP contribution in [0.15, 0.2) is 42.7 Å². The number of hydrogen-bond acceptors (Lipinski definition) is 5. The number of hydrogen-bond donors (Lipinski definition) is 2. The minimum absolute atomic E-state index is 0.189. The van der Waals surface area contributed by atoms with Gasteiger partial charge in [0.15, 0.2) is 0 Å². The molecule has 132 valence electrons. The van der Waals surface area contributed by atoms with Gasteiger partial charge < -0.3 is 20.1 Å². The zero-order valence-electron chi connectivity index (χ0n) is 14.2. The number of carbonyl (C=O) groups excluding carboxylic acids is 2. The average Bonchev–Trinajstić information content (AvgIpc) is 2.67. The Hall–Kier alpha value is -3.09. The molecule has 0 saturated heterocycles. The van der Waals surface area contributed by atoms with Crippen molar-refractivity contribution in [3.05, 3.63) is 53.9 Å². The molecule has 0 aliphatic heterocycles. The number of rotatable bonds is 8. The van der Waals surface area contributed by atoms with E-state index in [1.807, 2.05) is 0 Å². The molecular weight excluding hydrogens is 322 g/mol. The molecular formula is C18H21N3O4. The number of benzene rings is 1. The van der Waals surface area contributed by atoms with Crippen molar-refractivity contribution in [2.24, 2.45) is 0 Å². The van der Waals surface area contributed by atoms with Crippen molar-refractivity contribution in [2.75, 3.05) is 27.3 Å². The van der Waals surface area contributed by atoms with E-state index in [1.165, 1.54) is 20.4 Å². The van der Waals surface area contributed by atoms with Crippen molar-refractivity contribution in [2.45, 2.75) is 6.42 Å².